The first-order valence-corrected chi connectivity index (χ1v) is 5.87. The molecule has 18 heavy (non-hydrogen) atoms. The summed E-state index contributed by atoms with van der Waals surface area (Å²) in [5.74, 6) is -0.110. The molecule has 1 heterocycles. The molecule has 1 aliphatic rings. The minimum atomic E-state index is -0.106. The Morgan fingerprint density at radius 2 is 1.94 bits per heavy atom. The molecular formula is C13H16N2O3. The zero-order valence-electron chi connectivity index (χ0n) is 10.2. The molecule has 0 aliphatic carbocycles. The second kappa shape index (κ2) is 5.64. The topological polar surface area (TPSA) is 67.4 Å². The third-order valence-electron chi connectivity index (χ3n) is 2.64. The Hall–Kier alpha value is -1.88. The summed E-state index contributed by atoms with van der Waals surface area (Å²) in [7, 11) is 0. The number of carbonyl (C=O) groups excluding carboxylic acids is 2. The molecule has 5 nitrogen and oxygen atoms in total. The number of ether oxygens (including phenoxy) is 1. The summed E-state index contributed by atoms with van der Waals surface area (Å²) in [5, 5.41) is 5.56. The van der Waals surface area contributed by atoms with Crippen LogP contribution in [-0.2, 0) is 20.7 Å². The molecule has 1 aromatic carbocycles. The summed E-state index contributed by atoms with van der Waals surface area (Å²) >= 11 is 0. The standard InChI is InChI=1S/C13H16N2O3/c1-9(16)14-11-4-2-10(3-5-11)6-13(17)15-12-7-18-8-12/h2-5,12H,6-8H2,1H3,(H,14,16)(H,15,17). The zero-order valence-corrected chi connectivity index (χ0v) is 10.2. The highest BCUT2D eigenvalue weighted by atomic mass is 16.5. The molecule has 5 heteroatoms. The molecule has 1 aromatic rings. The summed E-state index contributed by atoms with van der Waals surface area (Å²) < 4.78 is 4.98. The molecule has 2 N–H and O–H groups in total. The van der Waals surface area contributed by atoms with Crippen LogP contribution in [0.1, 0.15) is 12.5 Å². The molecule has 0 atom stereocenters. The number of hydrogen-bond donors (Lipinski definition) is 2. The number of benzene rings is 1. The van der Waals surface area contributed by atoms with E-state index >= 15 is 0 Å². The van der Waals surface area contributed by atoms with Crippen LogP contribution in [0.25, 0.3) is 0 Å². The fraction of sp³-hybridized carbons (Fsp3) is 0.385. The molecule has 96 valence electrons. The fourth-order valence-electron chi connectivity index (χ4n) is 1.69. The zero-order chi connectivity index (χ0) is 13.0. The number of anilines is 1. The molecule has 0 aromatic heterocycles. The summed E-state index contributed by atoms with van der Waals surface area (Å²) in [5.41, 5.74) is 1.65. The Morgan fingerprint density at radius 1 is 1.28 bits per heavy atom. The quantitative estimate of drug-likeness (QED) is 0.824. The summed E-state index contributed by atoms with van der Waals surface area (Å²) in [6.45, 7) is 2.67. The summed E-state index contributed by atoms with van der Waals surface area (Å²) in [6, 6.07) is 7.41. The van der Waals surface area contributed by atoms with E-state index in [0.717, 1.165) is 11.3 Å². The lowest BCUT2D eigenvalue weighted by Gasteiger charge is -2.26. The van der Waals surface area contributed by atoms with Crippen molar-refractivity contribution in [3.05, 3.63) is 29.8 Å². The van der Waals surface area contributed by atoms with E-state index in [1.165, 1.54) is 6.92 Å². The van der Waals surface area contributed by atoms with Crippen molar-refractivity contribution in [2.75, 3.05) is 18.5 Å². The van der Waals surface area contributed by atoms with Crippen LogP contribution in [0.15, 0.2) is 24.3 Å². The van der Waals surface area contributed by atoms with Gasteiger partial charge in [0.25, 0.3) is 0 Å². The molecule has 0 spiro atoms. The van der Waals surface area contributed by atoms with Gasteiger partial charge in [-0.25, -0.2) is 0 Å². The number of carbonyl (C=O) groups is 2. The fourth-order valence-corrected chi connectivity index (χ4v) is 1.69. The predicted molar refractivity (Wildman–Crippen MR) is 67.2 cm³/mol. The van der Waals surface area contributed by atoms with Gasteiger partial charge in [0.15, 0.2) is 0 Å². The van der Waals surface area contributed by atoms with Crippen molar-refractivity contribution >= 4 is 17.5 Å². The van der Waals surface area contributed by atoms with Crippen LogP contribution >= 0.6 is 0 Å². The summed E-state index contributed by atoms with van der Waals surface area (Å²) in [4.78, 5) is 22.5. The monoisotopic (exact) mass is 248 g/mol. The van der Waals surface area contributed by atoms with E-state index < -0.39 is 0 Å². The van der Waals surface area contributed by atoms with Gasteiger partial charge >= 0.3 is 0 Å². The second-order valence-corrected chi connectivity index (χ2v) is 4.36. The van der Waals surface area contributed by atoms with Crippen LogP contribution in [0.5, 0.6) is 0 Å². The van der Waals surface area contributed by atoms with E-state index in [2.05, 4.69) is 10.6 Å². The molecule has 2 rings (SSSR count). The van der Waals surface area contributed by atoms with Crippen molar-refractivity contribution in [3.8, 4) is 0 Å². The van der Waals surface area contributed by atoms with Gasteiger partial charge < -0.3 is 15.4 Å². The van der Waals surface area contributed by atoms with E-state index in [9.17, 15) is 9.59 Å². The highest BCUT2D eigenvalue weighted by molar-refractivity contribution is 5.88. The molecule has 2 amide bonds. The van der Waals surface area contributed by atoms with E-state index in [1.54, 1.807) is 12.1 Å². The van der Waals surface area contributed by atoms with Gasteiger partial charge in [-0.15, -0.1) is 0 Å². The molecule has 0 saturated carbocycles. The van der Waals surface area contributed by atoms with Crippen LogP contribution in [0.4, 0.5) is 5.69 Å². The Morgan fingerprint density at radius 3 is 2.44 bits per heavy atom. The number of hydrogen-bond acceptors (Lipinski definition) is 3. The minimum Gasteiger partial charge on any atom is -0.377 e. The van der Waals surface area contributed by atoms with E-state index in [0.29, 0.717) is 19.6 Å². The highest BCUT2D eigenvalue weighted by Gasteiger charge is 2.20. The van der Waals surface area contributed by atoms with Gasteiger partial charge in [-0.05, 0) is 17.7 Å². The molecule has 0 bridgehead atoms. The van der Waals surface area contributed by atoms with Crippen LogP contribution in [-0.4, -0.2) is 31.1 Å². The van der Waals surface area contributed by atoms with Crippen LogP contribution < -0.4 is 10.6 Å². The smallest absolute Gasteiger partial charge is 0.224 e. The Balaban J connectivity index is 1.85. The van der Waals surface area contributed by atoms with Crippen molar-refractivity contribution in [2.24, 2.45) is 0 Å². The normalized spacial score (nSPS) is 14.7. The molecule has 0 unspecified atom stereocenters. The lowest BCUT2D eigenvalue weighted by Crippen LogP contribution is -2.49. The maximum atomic E-state index is 11.6. The van der Waals surface area contributed by atoms with Crippen molar-refractivity contribution in [1.29, 1.82) is 0 Å². The number of nitrogens with one attached hydrogen (secondary N) is 2. The van der Waals surface area contributed by atoms with Gasteiger partial charge in [0, 0.05) is 12.6 Å². The van der Waals surface area contributed by atoms with E-state index in [1.807, 2.05) is 12.1 Å². The highest BCUT2D eigenvalue weighted by Crippen LogP contribution is 2.10. The maximum absolute atomic E-state index is 11.6. The van der Waals surface area contributed by atoms with Gasteiger partial charge in [-0.3, -0.25) is 9.59 Å². The Bertz CT molecular complexity index is 438. The van der Waals surface area contributed by atoms with Gasteiger partial charge in [-0.2, -0.15) is 0 Å². The van der Waals surface area contributed by atoms with Gasteiger partial charge in [0.2, 0.25) is 11.8 Å². The Labute approximate surface area is 106 Å². The van der Waals surface area contributed by atoms with E-state index in [-0.39, 0.29) is 17.9 Å². The third-order valence-corrected chi connectivity index (χ3v) is 2.64. The van der Waals surface area contributed by atoms with Crippen molar-refractivity contribution in [3.63, 3.8) is 0 Å². The molecule has 0 radical (unpaired) electrons. The first-order valence-electron chi connectivity index (χ1n) is 5.87. The lowest BCUT2D eigenvalue weighted by molar-refractivity contribution is -0.124. The molecular weight excluding hydrogens is 232 g/mol. The minimum absolute atomic E-state index is 0.00410. The lowest BCUT2D eigenvalue weighted by atomic mass is 10.1. The average Bonchev–Trinajstić information content (AvgIpc) is 2.26. The van der Waals surface area contributed by atoms with Gasteiger partial charge in [0.05, 0.1) is 25.7 Å². The van der Waals surface area contributed by atoms with Crippen LogP contribution in [0.2, 0.25) is 0 Å². The SMILES string of the molecule is CC(=O)Nc1ccc(CC(=O)NC2COC2)cc1. The maximum Gasteiger partial charge on any atom is 0.224 e. The van der Waals surface area contributed by atoms with Crippen molar-refractivity contribution in [1.82, 2.24) is 5.32 Å². The molecule has 1 aliphatic heterocycles. The first-order chi connectivity index (χ1) is 8.63. The molecule has 1 fully saturated rings. The summed E-state index contributed by atoms with van der Waals surface area (Å²) in [6.07, 6.45) is 0.344. The van der Waals surface area contributed by atoms with Gasteiger partial charge in [-0.1, -0.05) is 12.1 Å². The number of rotatable bonds is 4. The van der Waals surface area contributed by atoms with Crippen LogP contribution in [0, 0.1) is 0 Å². The van der Waals surface area contributed by atoms with Crippen molar-refractivity contribution in [2.45, 2.75) is 19.4 Å². The predicted octanol–water partition coefficient (Wildman–Crippen LogP) is 0.702. The largest absolute Gasteiger partial charge is 0.377 e. The average molecular weight is 248 g/mol. The second-order valence-electron chi connectivity index (χ2n) is 4.36. The first kappa shape index (κ1) is 12.6. The Kier molecular flexibility index (Phi) is 3.94. The van der Waals surface area contributed by atoms with E-state index in [4.69, 9.17) is 4.74 Å². The number of amides is 2. The third kappa shape index (κ3) is 3.56. The van der Waals surface area contributed by atoms with Crippen molar-refractivity contribution < 1.29 is 14.3 Å². The van der Waals surface area contributed by atoms with Crippen LogP contribution in [0.3, 0.4) is 0 Å². The van der Waals surface area contributed by atoms with Gasteiger partial charge in [0.1, 0.15) is 0 Å². The molecule has 1 saturated heterocycles.